The molecule has 0 aliphatic carbocycles. The Hall–Kier alpha value is -2.48. The van der Waals surface area contributed by atoms with E-state index in [0.717, 1.165) is 0 Å². The lowest BCUT2D eigenvalue weighted by atomic mass is 10.2. The van der Waals surface area contributed by atoms with E-state index in [1.54, 1.807) is 17.8 Å². The number of nitrogens with zero attached hydrogens (tertiary/aromatic N) is 2. The minimum Gasteiger partial charge on any atom is -0.493 e. The van der Waals surface area contributed by atoms with Crippen LogP contribution in [0.4, 0.5) is 8.78 Å². The number of ether oxygens (including phenoxy) is 2. The first-order chi connectivity index (χ1) is 11.0. The molecule has 8 heteroatoms. The number of aromatic nitrogens is 1. The maximum Gasteiger partial charge on any atom is 0.387 e. The predicted molar refractivity (Wildman–Crippen MR) is 82.5 cm³/mol. The fraction of sp³-hybridized carbons (Fsp3) is 0.200. The van der Waals surface area contributed by atoms with Gasteiger partial charge >= 0.3 is 6.61 Å². The van der Waals surface area contributed by atoms with Gasteiger partial charge in [0.2, 0.25) is 0 Å². The predicted octanol–water partition coefficient (Wildman–Crippen LogP) is 2.84. The molecule has 0 fully saturated rings. The summed E-state index contributed by atoms with van der Waals surface area (Å²) < 4.78 is 35.6. The maximum absolute atomic E-state index is 12.3. The molecule has 0 aliphatic heterocycles. The molecular weight excluding hydrogens is 326 g/mol. The molecule has 1 aromatic heterocycles. The van der Waals surface area contributed by atoms with Crippen LogP contribution in [0, 0.1) is 0 Å². The third kappa shape index (κ3) is 4.75. The summed E-state index contributed by atoms with van der Waals surface area (Å²) in [6, 6.07) is 4.38. The Morgan fingerprint density at radius 3 is 2.78 bits per heavy atom. The topological polar surface area (TPSA) is 52.8 Å². The fourth-order valence-corrected chi connectivity index (χ4v) is 2.45. The van der Waals surface area contributed by atoms with Crippen molar-refractivity contribution in [2.45, 2.75) is 6.61 Å². The van der Waals surface area contributed by atoms with Crippen LogP contribution >= 0.6 is 11.3 Å². The van der Waals surface area contributed by atoms with Crippen LogP contribution in [0.5, 0.6) is 11.5 Å². The molecule has 2 rings (SSSR count). The molecular formula is C15H14F2N2O3S. The molecule has 0 atom stereocenters. The van der Waals surface area contributed by atoms with Crippen LogP contribution in [0.15, 0.2) is 40.8 Å². The third-order valence-corrected chi connectivity index (χ3v) is 3.64. The van der Waals surface area contributed by atoms with E-state index in [1.165, 1.54) is 48.8 Å². The highest BCUT2D eigenvalue weighted by molar-refractivity contribution is 7.07. The molecule has 23 heavy (non-hydrogen) atoms. The molecule has 0 radical (unpaired) electrons. The van der Waals surface area contributed by atoms with Gasteiger partial charge in [-0.05, 0) is 23.8 Å². The Balaban J connectivity index is 2.16. The molecule has 0 saturated carbocycles. The van der Waals surface area contributed by atoms with Gasteiger partial charge in [-0.1, -0.05) is 6.07 Å². The van der Waals surface area contributed by atoms with Crippen LogP contribution in [0.25, 0.3) is 6.08 Å². The molecule has 0 aliphatic rings. The fourth-order valence-electron chi connectivity index (χ4n) is 1.71. The monoisotopic (exact) mass is 340 g/mol. The summed E-state index contributed by atoms with van der Waals surface area (Å²) in [5.74, 6) is -0.335. The van der Waals surface area contributed by atoms with Gasteiger partial charge in [-0.2, -0.15) is 13.8 Å². The van der Waals surface area contributed by atoms with Crippen LogP contribution in [-0.4, -0.2) is 24.2 Å². The van der Waals surface area contributed by atoms with Crippen molar-refractivity contribution in [1.29, 1.82) is 0 Å². The number of thiazole rings is 1. The van der Waals surface area contributed by atoms with E-state index in [9.17, 15) is 13.6 Å². The van der Waals surface area contributed by atoms with Gasteiger partial charge in [-0.25, -0.2) is 0 Å². The van der Waals surface area contributed by atoms with Crippen molar-refractivity contribution in [3.63, 3.8) is 0 Å². The van der Waals surface area contributed by atoms with Gasteiger partial charge < -0.3 is 14.0 Å². The number of carbonyl (C=O) groups is 1. The Morgan fingerprint density at radius 2 is 2.17 bits per heavy atom. The largest absolute Gasteiger partial charge is 0.493 e. The van der Waals surface area contributed by atoms with E-state index in [4.69, 9.17) is 4.74 Å². The number of benzene rings is 1. The molecule has 122 valence electrons. The molecule has 5 nitrogen and oxygen atoms in total. The second-order valence-corrected chi connectivity index (χ2v) is 5.24. The van der Waals surface area contributed by atoms with Gasteiger partial charge in [0, 0.05) is 24.7 Å². The number of aryl methyl sites for hydroxylation is 1. The van der Waals surface area contributed by atoms with Crippen molar-refractivity contribution < 1.29 is 23.0 Å². The van der Waals surface area contributed by atoms with Gasteiger partial charge in [-0.15, -0.1) is 11.3 Å². The van der Waals surface area contributed by atoms with E-state index in [0.29, 0.717) is 10.4 Å². The smallest absolute Gasteiger partial charge is 0.387 e. The first-order valence-corrected chi connectivity index (χ1v) is 7.37. The van der Waals surface area contributed by atoms with Crippen LogP contribution in [-0.2, 0) is 11.8 Å². The Labute approximate surface area is 135 Å². The van der Waals surface area contributed by atoms with Crippen molar-refractivity contribution >= 4 is 23.3 Å². The molecule has 1 amide bonds. The maximum atomic E-state index is 12.3. The summed E-state index contributed by atoms with van der Waals surface area (Å²) in [5.41, 5.74) is 0.600. The average molecular weight is 340 g/mol. The Kier molecular flexibility index (Phi) is 5.64. The quantitative estimate of drug-likeness (QED) is 0.787. The number of methoxy groups -OCH3 is 1. The highest BCUT2D eigenvalue weighted by atomic mass is 32.1. The molecule has 0 bridgehead atoms. The first-order valence-electron chi connectivity index (χ1n) is 6.49. The average Bonchev–Trinajstić information content (AvgIpc) is 2.91. The van der Waals surface area contributed by atoms with Gasteiger partial charge in [0.1, 0.15) is 0 Å². The molecule has 0 N–H and O–H groups in total. The number of alkyl halides is 2. The Morgan fingerprint density at radius 1 is 1.39 bits per heavy atom. The number of hydrogen-bond donors (Lipinski definition) is 0. The zero-order chi connectivity index (χ0) is 16.8. The summed E-state index contributed by atoms with van der Waals surface area (Å²) in [4.78, 5) is 16.3. The molecule has 0 spiro atoms. The van der Waals surface area contributed by atoms with Crippen LogP contribution in [0.3, 0.4) is 0 Å². The molecule has 0 saturated heterocycles. The minimum absolute atomic E-state index is 0.0683. The lowest BCUT2D eigenvalue weighted by molar-refractivity contribution is -0.113. The summed E-state index contributed by atoms with van der Waals surface area (Å²) in [6.07, 6.45) is 4.61. The van der Waals surface area contributed by atoms with Crippen LogP contribution in [0.1, 0.15) is 5.56 Å². The van der Waals surface area contributed by atoms with Crippen molar-refractivity contribution in [1.82, 2.24) is 4.57 Å². The van der Waals surface area contributed by atoms with Crippen LogP contribution in [0.2, 0.25) is 0 Å². The number of hydrogen-bond acceptors (Lipinski definition) is 4. The van der Waals surface area contributed by atoms with Gasteiger partial charge in [0.05, 0.1) is 7.11 Å². The lowest BCUT2D eigenvalue weighted by Gasteiger charge is -2.10. The van der Waals surface area contributed by atoms with Crippen molar-refractivity contribution in [3.05, 3.63) is 46.2 Å². The lowest BCUT2D eigenvalue weighted by Crippen LogP contribution is -2.11. The normalized spacial score (nSPS) is 12.1. The van der Waals surface area contributed by atoms with Gasteiger partial charge in [-0.3, -0.25) is 4.79 Å². The molecule has 1 heterocycles. The number of rotatable bonds is 5. The van der Waals surface area contributed by atoms with Crippen molar-refractivity contribution in [3.8, 4) is 11.5 Å². The highest BCUT2D eigenvalue weighted by Gasteiger charge is 2.10. The molecule has 1 aromatic carbocycles. The SMILES string of the molecule is COc1cc(/C=C/C(=O)N=c2sccn2C)ccc1OC(F)F. The van der Waals surface area contributed by atoms with E-state index in [2.05, 4.69) is 9.73 Å². The zero-order valence-corrected chi connectivity index (χ0v) is 13.2. The first kappa shape index (κ1) is 16.9. The van der Waals surface area contributed by atoms with Crippen molar-refractivity contribution in [2.24, 2.45) is 12.0 Å². The zero-order valence-electron chi connectivity index (χ0n) is 12.4. The molecule has 0 unspecified atom stereocenters. The van der Waals surface area contributed by atoms with E-state index >= 15 is 0 Å². The highest BCUT2D eigenvalue weighted by Crippen LogP contribution is 2.29. The van der Waals surface area contributed by atoms with Gasteiger partial charge in [0.15, 0.2) is 16.3 Å². The van der Waals surface area contributed by atoms with Crippen molar-refractivity contribution in [2.75, 3.05) is 7.11 Å². The standard InChI is InChI=1S/C15H14F2N2O3S/c1-19-7-8-23-15(19)18-13(20)6-4-10-3-5-11(22-14(16)17)12(9-10)21-2/h3-9,14H,1-2H3/b6-4+,18-15?. The summed E-state index contributed by atoms with van der Waals surface area (Å²) in [5, 5.41) is 1.82. The Bertz CT molecular complexity index is 781. The minimum atomic E-state index is -2.93. The number of amides is 1. The van der Waals surface area contributed by atoms with E-state index < -0.39 is 12.5 Å². The summed E-state index contributed by atoms with van der Waals surface area (Å²) >= 11 is 1.35. The number of carbonyl (C=O) groups excluding carboxylic acids is 1. The van der Waals surface area contributed by atoms with E-state index in [1.807, 2.05) is 5.38 Å². The third-order valence-electron chi connectivity index (χ3n) is 2.79. The molecule has 2 aromatic rings. The van der Waals surface area contributed by atoms with E-state index in [-0.39, 0.29) is 11.5 Å². The second kappa shape index (κ2) is 7.68. The second-order valence-electron chi connectivity index (χ2n) is 4.37. The summed E-state index contributed by atoms with van der Waals surface area (Å²) in [6.45, 7) is -2.93. The van der Waals surface area contributed by atoms with Gasteiger partial charge in [0.25, 0.3) is 5.91 Å². The summed E-state index contributed by atoms with van der Waals surface area (Å²) in [7, 11) is 3.14. The number of halogens is 2. The van der Waals surface area contributed by atoms with Crippen LogP contribution < -0.4 is 14.3 Å².